The van der Waals surface area contributed by atoms with Crippen molar-refractivity contribution in [3.05, 3.63) is 81.7 Å². The van der Waals surface area contributed by atoms with Crippen molar-refractivity contribution in [2.24, 2.45) is 0 Å². The summed E-state index contributed by atoms with van der Waals surface area (Å²) in [5.41, 5.74) is 1.66. The molecule has 4 rings (SSSR count). The summed E-state index contributed by atoms with van der Waals surface area (Å²) in [5.74, 6) is 0.759. The lowest BCUT2D eigenvalue weighted by atomic mass is 10.2. The summed E-state index contributed by atoms with van der Waals surface area (Å²) in [5, 5.41) is 13.4. The van der Waals surface area contributed by atoms with Gasteiger partial charge in [-0.25, -0.2) is 0 Å². The molecule has 1 saturated heterocycles. The van der Waals surface area contributed by atoms with E-state index in [1.54, 1.807) is 18.3 Å². The van der Waals surface area contributed by atoms with Crippen molar-refractivity contribution in [1.82, 2.24) is 14.7 Å². The summed E-state index contributed by atoms with van der Waals surface area (Å²) in [7, 11) is 0. The molecule has 0 atom stereocenters. The minimum atomic E-state index is -0.316. The predicted molar refractivity (Wildman–Crippen MR) is 120 cm³/mol. The molecule has 31 heavy (non-hydrogen) atoms. The standard InChI is InChI=1S/C23H22ClN5O2/c24-22-21(17-26-29(23(22)30)19-4-2-1-3-5-19)28-12-10-27(11-13-28)14-15-31-20-8-6-18(16-25)7-9-20/h1-9,17H,10-15H2. The highest BCUT2D eigenvalue weighted by atomic mass is 35.5. The van der Waals surface area contributed by atoms with Gasteiger partial charge in [-0.05, 0) is 36.4 Å². The van der Waals surface area contributed by atoms with Gasteiger partial charge in [0.2, 0.25) is 0 Å². The Morgan fingerprint density at radius 2 is 1.74 bits per heavy atom. The topological polar surface area (TPSA) is 74.4 Å². The van der Waals surface area contributed by atoms with Gasteiger partial charge >= 0.3 is 0 Å². The molecular weight excluding hydrogens is 414 g/mol. The molecule has 7 nitrogen and oxygen atoms in total. The Morgan fingerprint density at radius 1 is 1.03 bits per heavy atom. The number of nitriles is 1. The number of hydrogen-bond donors (Lipinski definition) is 0. The second kappa shape index (κ2) is 9.65. The van der Waals surface area contributed by atoms with Crippen molar-refractivity contribution in [3.63, 3.8) is 0 Å². The average Bonchev–Trinajstić information content (AvgIpc) is 2.82. The Balaban J connectivity index is 1.32. The number of aromatic nitrogens is 2. The number of benzene rings is 2. The van der Waals surface area contributed by atoms with Crippen LogP contribution in [0.5, 0.6) is 5.75 Å². The highest BCUT2D eigenvalue weighted by molar-refractivity contribution is 6.33. The molecule has 158 valence electrons. The summed E-state index contributed by atoms with van der Waals surface area (Å²) in [6.45, 7) is 4.57. The normalized spacial score (nSPS) is 14.3. The SMILES string of the molecule is N#Cc1ccc(OCCN2CCN(c3cnn(-c4ccccc4)c(=O)c3Cl)CC2)cc1. The zero-order chi connectivity index (χ0) is 21.6. The second-order valence-corrected chi connectivity index (χ2v) is 7.59. The zero-order valence-electron chi connectivity index (χ0n) is 16.9. The number of halogens is 1. The Kier molecular flexibility index (Phi) is 6.51. The van der Waals surface area contributed by atoms with Crippen molar-refractivity contribution in [2.75, 3.05) is 44.2 Å². The van der Waals surface area contributed by atoms with Crippen LogP contribution in [0.1, 0.15) is 5.56 Å². The Hall–Kier alpha value is -3.34. The van der Waals surface area contributed by atoms with E-state index >= 15 is 0 Å². The molecule has 1 fully saturated rings. The molecule has 8 heteroatoms. The van der Waals surface area contributed by atoms with E-state index in [1.165, 1.54) is 4.68 Å². The van der Waals surface area contributed by atoms with Gasteiger partial charge in [-0.15, -0.1) is 0 Å². The molecule has 0 radical (unpaired) electrons. The van der Waals surface area contributed by atoms with Gasteiger partial charge in [0.15, 0.2) is 0 Å². The van der Waals surface area contributed by atoms with Crippen LogP contribution in [-0.2, 0) is 0 Å². The molecule has 1 aliphatic heterocycles. The molecule has 3 aromatic rings. The molecule has 2 heterocycles. The molecular formula is C23H22ClN5O2. The van der Waals surface area contributed by atoms with Crippen LogP contribution < -0.4 is 15.2 Å². The third-order valence-electron chi connectivity index (χ3n) is 5.27. The second-order valence-electron chi connectivity index (χ2n) is 7.21. The van der Waals surface area contributed by atoms with E-state index in [4.69, 9.17) is 21.6 Å². The maximum atomic E-state index is 12.7. The van der Waals surface area contributed by atoms with Gasteiger partial charge < -0.3 is 9.64 Å². The molecule has 0 N–H and O–H groups in total. The molecule has 2 aromatic carbocycles. The van der Waals surface area contributed by atoms with E-state index < -0.39 is 0 Å². The molecule has 0 bridgehead atoms. The van der Waals surface area contributed by atoms with Gasteiger partial charge in [-0.2, -0.15) is 15.0 Å². The minimum absolute atomic E-state index is 0.191. The largest absolute Gasteiger partial charge is 0.492 e. The fraction of sp³-hybridized carbons (Fsp3) is 0.261. The van der Waals surface area contributed by atoms with Crippen molar-refractivity contribution in [3.8, 4) is 17.5 Å². The van der Waals surface area contributed by atoms with Crippen LogP contribution in [0.15, 0.2) is 65.6 Å². The van der Waals surface area contributed by atoms with Crippen LogP contribution >= 0.6 is 11.6 Å². The third-order valence-corrected chi connectivity index (χ3v) is 5.63. The smallest absolute Gasteiger partial charge is 0.292 e. The minimum Gasteiger partial charge on any atom is -0.492 e. The van der Waals surface area contributed by atoms with E-state index in [0.29, 0.717) is 23.5 Å². The Bertz CT molecular complexity index is 1120. The van der Waals surface area contributed by atoms with Gasteiger partial charge in [-0.1, -0.05) is 29.8 Å². The monoisotopic (exact) mass is 435 g/mol. The lowest BCUT2D eigenvalue weighted by Gasteiger charge is -2.36. The van der Waals surface area contributed by atoms with Crippen LogP contribution in [0.3, 0.4) is 0 Å². The van der Waals surface area contributed by atoms with Crippen molar-refractivity contribution in [2.45, 2.75) is 0 Å². The lowest BCUT2D eigenvalue weighted by Crippen LogP contribution is -2.48. The van der Waals surface area contributed by atoms with Crippen LogP contribution in [0, 0.1) is 11.3 Å². The van der Waals surface area contributed by atoms with Crippen LogP contribution in [0.4, 0.5) is 5.69 Å². The van der Waals surface area contributed by atoms with Crippen molar-refractivity contribution >= 4 is 17.3 Å². The van der Waals surface area contributed by atoms with Gasteiger partial charge in [0.05, 0.1) is 29.2 Å². The van der Waals surface area contributed by atoms with Crippen LogP contribution in [0.25, 0.3) is 5.69 Å². The number of piperazine rings is 1. The molecule has 0 saturated carbocycles. The first-order chi connectivity index (χ1) is 15.2. The molecule has 1 aromatic heterocycles. The van der Waals surface area contributed by atoms with Gasteiger partial charge in [0, 0.05) is 32.7 Å². The number of rotatable bonds is 6. The third kappa shape index (κ3) is 4.88. The molecule has 0 aliphatic carbocycles. The summed E-state index contributed by atoms with van der Waals surface area (Å²) < 4.78 is 7.09. The Morgan fingerprint density at radius 3 is 2.42 bits per heavy atom. The average molecular weight is 436 g/mol. The number of anilines is 1. The van der Waals surface area contributed by atoms with E-state index in [0.717, 1.165) is 38.5 Å². The fourth-order valence-electron chi connectivity index (χ4n) is 3.53. The molecule has 0 unspecified atom stereocenters. The van der Waals surface area contributed by atoms with E-state index in [9.17, 15) is 4.79 Å². The van der Waals surface area contributed by atoms with Crippen LogP contribution in [-0.4, -0.2) is 54.0 Å². The van der Waals surface area contributed by atoms with Gasteiger partial charge in [-0.3, -0.25) is 9.69 Å². The van der Waals surface area contributed by atoms with Gasteiger partial charge in [0.1, 0.15) is 17.4 Å². The highest BCUT2D eigenvalue weighted by Crippen LogP contribution is 2.23. The van der Waals surface area contributed by atoms with Crippen LogP contribution in [0.2, 0.25) is 5.02 Å². The number of nitrogens with zero attached hydrogens (tertiary/aromatic N) is 5. The summed E-state index contributed by atoms with van der Waals surface area (Å²) in [4.78, 5) is 17.1. The highest BCUT2D eigenvalue weighted by Gasteiger charge is 2.21. The van der Waals surface area contributed by atoms with Gasteiger partial charge in [0.25, 0.3) is 5.56 Å². The lowest BCUT2D eigenvalue weighted by molar-refractivity contribution is 0.200. The Labute approximate surface area is 185 Å². The first kappa shape index (κ1) is 20.9. The first-order valence-electron chi connectivity index (χ1n) is 10.1. The molecule has 0 spiro atoms. The van der Waals surface area contributed by atoms with E-state index in [1.807, 2.05) is 42.5 Å². The van der Waals surface area contributed by atoms with Crippen molar-refractivity contribution < 1.29 is 4.74 Å². The van der Waals surface area contributed by atoms with Crippen molar-refractivity contribution in [1.29, 1.82) is 5.26 Å². The van der Waals surface area contributed by atoms with E-state index in [-0.39, 0.29) is 10.6 Å². The number of hydrogen-bond acceptors (Lipinski definition) is 6. The number of ether oxygens (including phenoxy) is 1. The summed E-state index contributed by atoms with van der Waals surface area (Å²) >= 11 is 6.42. The van der Waals surface area contributed by atoms with E-state index in [2.05, 4.69) is 21.0 Å². The zero-order valence-corrected chi connectivity index (χ0v) is 17.7. The maximum absolute atomic E-state index is 12.7. The first-order valence-corrected chi connectivity index (χ1v) is 10.5. The summed E-state index contributed by atoms with van der Waals surface area (Å²) in [6, 6.07) is 18.5. The predicted octanol–water partition coefficient (Wildman–Crippen LogP) is 2.96. The quantitative estimate of drug-likeness (QED) is 0.592. The summed E-state index contributed by atoms with van der Waals surface area (Å²) in [6.07, 6.45) is 1.67. The maximum Gasteiger partial charge on any atom is 0.292 e. The number of para-hydroxylation sites is 1. The molecule has 1 aliphatic rings. The molecule has 0 amide bonds. The fourth-order valence-corrected chi connectivity index (χ4v) is 3.78.